The van der Waals surface area contributed by atoms with E-state index in [4.69, 9.17) is 10.5 Å². The molecular formula is C18H26N2O2. The number of carbonyl (C=O) groups excluding carboxylic acids is 1. The van der Waals surface area contributed by atoms with E-state index in [2.05, 4.69) is 5.32 Å². The van der Waals surface area contributed by atoms with E-state index >= 15 is 0 Å². The number of anilines is 1. The Balaban J connectivity index is 1.52. The van der Waals surface area contributed by atoms with Crippen LogP contribution < -0.4 is 15.8 Å². The van der Waals surface area contributed by atoms with Gasteiger partial charge in [-0.2, -0.15) is 0 Å². The maximum absolute atomic E-state index is 12.3. The van der Waals surface area contributed by atoms with Crippen molar-refractivity contribution in [1.29, 1.82) is 0 Å². The molecule has 0 saturated heterocycles. The standard InChI is InChI=1S/C18H26N2O2/c19-14-5-3-4-13(12-14)18(21)20-15-8-10-17(11-9-15)22-16-6-1-2-7-16/h8-11,13-14,16H,1-7,12,19H2,(H,20,21). The Labute approximate surface area is 132 Å². The predicted octanol–water partition coefficient (Wildman–Crippen LogP) is 3.46. The Kier molecular flexibility index (Phi) is 4.98. The number of nitrogens with one attached hydrogen (secondary N) is 1. The Morgan fingerprint density at radius 2 is 1.77 bits per heavy atom. The highest BCUT2D eigenvalue weighted by Gasteiger charge is 2.25. The molecule has 2 atom stereocenters. The molecule has 2 saturated carbocycles. The van der Waals surface area contributed by atoms with Gasteiger partial charge >= 0.3 is 0 Å². The van der Waals surface area contributed by atoms with Gasteiger partial charge in [-0.05, 0) is 69.2 Å². The summed E-state index contributed by atoms with van der Waals surface area (Å²) >= 11 is 0. The van der Waals surface area contributed by atoms with E-state index in [1.54, 1.807) is 0 Å². The second-order valence-corrected chi connectivity index (χ2v) is 6.66. The maximum atomic E-state index is 12.3. The number of hydrogen-bond acceptors (Lipinski definition) is 3. The number of ether oxygens (including phenoxy) is 1. The number of hydrogen-bond donors (Lipinski definition) is 2. The van der Waals surface area contributed by atoms with Gasteiger partial charge in [-0.25, -0.2) is 0 Å². The van der Waals surface area contributed by atoms with Crippen molar-refractivity contribution < 1.29 is 9.53 Å². The first-order chi connectivity index (χ1) is 10.7. The van der Waals surface area contributed by atoms with Crippen LogP contribution in [0.25, 0.3) is 0 Å². The fourth-order valence-corrected chi connectivity index (χ4v) is 3.53. The third kappa shape index (κ3) is 4.01. The minimum absolute atomic E-state index is 0.0539. The van der Waals surface area contributed by atoms with E-state index < -0.39 is 0 Å². The lowest BCUT2D eigenvalue weighted by Gasteiger charge is -2.25. The summed E-state index contributed by atoms with van der Waals surface area (Å²) in [6, 6.07) is 7.91. The Morgan fingerprint density at radius 3 is 2.45 bits per heavy atom. The Hall–Kier alpha value is -1.55. The molecule has 4 nitrogen and oxygen atoms in total. The molecule has 4 heteroatoms. The van der Waals surface area contributed by atoms with Gasteiger partial charge in [-0.15, -0.1) is 0 Å². The lowest BCUT2D eigenvalue weighted by molar-refractivity contribution is -0.120. The number of nitrogens with two attached hydrogens (primary N) is 1. The molecule has 0 spiro atoms. The number of amides is 1. The summed E-state index contributed by atoms with van der Waals surface area (Å²) in [5, 5.41) is 3.00. The van der Waals surface area contributed by atoms with E-state index in [-0.39, 0.29) is 17.9 Å². The molecule has 0 heterocycles. The minimum Gasteiger partial charge on any atom is -0.490 e. The van der Waals surface area contributed by atoms with Crippen LogP contribution in [-0.4, -0.2) is 18.1 Å². The van der Waals surface area contributed by atoms with Crippen molar-refractivity contribution in [3.8, 4) is 5.75 Å². The summed E-state index contributed by atoms with van der Waals surface area (Å²) in [7, 11) is 0. The lowest BCUT2D eigenvalue weighted by atomic mass is 9.85. The highest BCUT2D eigenvalue weighted by atomic mass is 16.5. The van der Waals surface area contributed by atoms with Crippen LogP contribution in [0.1, 0.15) is 51.4 Å². The number of rotatable bonds is 4. The SMILES string of the molecule is NC1CCCC(C(=O)Nc2ccc(OC3CCCC3)cc2)C1. The lowest BCUT2D eigenvalue weighted by Crippen LogP contribution is -2.34. The summed E-state index contributed by atoms with van der Waals surface area (Å²) in [6.07, 6.45) is 9.04. The molecule has 0 bridgehead atoms. The minimum atomic E-state index is 0.0539. The molecule has 0 aliphatic heterocycles. The van der Waals surface area contributed by atoms with Crippen molar-refractivity contribution in [2.45, 2.75) is 63.5 Å². The molecule has 2 unspecified atom stereocenters. The van der Waals surface area contributed by atoms with Gasteiger partial charge < -0.3 is 15.8 Å². The van der Waals surface area contributed by atoms with Gasteiger partial charge in [0.25, 0.3) is 0 Å². The van der Waals surface area contributed by atoms with Crippen molar-refractivity contribution in [3.63, 3.8) is 0 Å². The first-order valence-electron chi connectivity index (χ1n) is 8.54. The van der Waals surface area contributed by atoms with Crippen molar-refractivity contribution in [2.24, 2.45) is 11.7 Å². The number of benzene rings is 1. The van der Waals surface area contributed by atoms with Gasteiger partial charge in [0.15, 0.2) is 0 Å². The summed E-state index contributed by atoms with van der Waals surface area (Å²) in [4.78, 5) is 12.3. The zero-order chi connectivity index (χ0) is 15.4. The molecular weight excluding hydrogens is 276 g/mol. The Morgan fingerprint density at radius 1 is 1.05 bits per heavy atom. The predicted molar refractivity (Wildman–Crippen MR) is 87.9 cm³/mol. The zero-order valence-electron chi connectivity index (χ0n) is 13.1. The normalized spacial score (nSPS) is 25.9. The average molecular weight is 302 g/mol. The van der Waals surface area contributed by atoms with Gasteiger partial charge in [-0.3, -0.25) is 4.79 Å². The molecule has 0 radical (unpaired) electrons. The molecule has 3 N–H and O–H groups in total. The second kappa shape index (κ2) is 7.14. The van der Waals surface area contributed by atoms with E-state index in [0.29, 0.717) is 6.10 Å². The third-order valence-electron chi connectivity index (χ3n) is 4.81. The summed E-state index contributed by atoms with van der Waals surface area (Å²) in [5.41, 5.74) is 6.79. The zero-order valence-corrected chi connectivity index (χ0v) is 13.1. The van der Waals surface area contributed by atoms with Crippen LogP contribution in [0.3, 0.4) is 0 Å². The molecule has 22 heavy (non-hydrogen) atoms. The molecule has 1 amide bonds. The van der Waals surface area contributed by atoms with Crippen LogP contribution in [0.5, 0.6) is 5.75 Å². The van der Waals surface area contributed by atoms with Gasteiger partial charge in [-0.1, -0.05) is 6.42 Å². The van der Waals surface area contributed by atoms with Crippen LogP contribution in [0.2, 0.25) is 0 Å². The molecule has 2 fully saturated rings. The van der Waals surface area contributed by atoms with E-state index in [1.165, 1.54) is 12.8 Å². The molecule has 1 aromatic rings. The van der Waals surface area contributed by atoms with Gasteiger partial charge in [0.1, 0.15) is 5.75 Å². The fraction of sp³-hybridized carbons (Fsp3) is 0.611. The Bertz CT molecular complexity index is 494. The molecule has 0 aromatic heterocycles. The van der Waals surface area contributed by atoms with Crippen LogP contribution in [0.4, 0.5) is 5.69 Å². The first kappa shape index (κ1) is 15.3. The summed E-state index contributed by atoms with van der Waals surface area (Å²) in [5.74, 6) is 1.04. The first-order valence-corrected chi connectivity index (χ1v) is 8.54. The van der Waals surface area contributed by atoms with E-state index in [0.717, 1.165) is 50.0 Å². The highest BCUT2D eigenvalue weighted by Crippen LogP contribution is 2.27. The summed E-state index contributed by atoms with van der Waals surface area (Å²) in [6.45, 7) is 0. The van der Waals surface area contributed by atoms with Gasteiger partial charge in [0.2, 0.25) is 5.91 Å². The van der Waals surface area contributed by atoms with E-state index in [1.807, 2.05) is 24.3 Å². The third-order valence-corrected chi connectivity index (χ3v) is 4.81. The van der Waals surface area contributed by atoms with E-state index in [9.17, 15) is 4.79 Å². The maximum Gasteiger partial charge on any atom is 0.227 e. The fourth-order valence-electron chi connectivity index (χ4n) is 3.53. The van der Waals surface area contributed by atoms with Crippen molar-refractivity contribution in [1.82, 2.24) is 0 Å². The van der Waals surface area contributed by atoms with Crippen LogP contribution >= 0.6 is 0 Å². The largest absolute Gasteiger partial charge is 0.490 e. The monoisotopic (exact) mass is 302 g/mol. The highest BCUT2D eigenvalue weighted by molar-refractivity contribution is 5.92. The van der Waals surface area contributed by atoms with Crippen LogP contribution in [-0.2, 0) is 4.79 Å². The second-order valence-electron chi connectivity index (χ2n) is 6.66. The summed E-state index contributed by atoms with van der Waals surface area (Å²) < 4.78 is 5.94. The van der Waals surface area contributed by atoms with Crippen molar-refractivity contribution >= 4 is 11.6 Å². The van der Waals surface area contributed by atoms with Crippen molar-refractivity contribution in [2.75, 3.05) is 5.32 Å². The van der Waals surface area contributed by atoms with Gasteiger partial charge in [0.05, 0.1) is 6.10 Å². The molecule has 1 aromatic carbocycles. The smallest absolute Gasteiger partial charge is 0.227 e. The molecule has 120 valence electrons. The number of carbonyl (C=O) groups is 1. The average Bonchev–Trinajstić information content (AvgIpc) is 3.02. The quantitative estimate of drug-likeness (QED) is 0.895. The van der Waals surface area contributed by atoms with Gasteiger partial charge in [0, 0.05) is 17.6 Å². The topological polar surface area (TPSA) is 64.4 Å². The van der Waals surface area contributed by atoms with Crippen LogP contribution in [0, 0.1) is 5.92 Å². The van der Waals surface area contributed by atoms with Crippen molar-refractivity contribution in [3.05, 3.63) is 24.3 Å². The molecule has 3 rings (SSSR count). The molecule has 2 aliphatic carbocycles. The van der Waals surface area contributed by atoms with Crippen LogP contribution in [0.15, 0.2) is 24.3 Å². The molecule has 2 aliphatic rings.